The first-order chi connectivity index (χ1) is 13.4. The van der Waals surface area contributed by atoms with E-state index in [1.54, 1.807) is 5.38 Å². The zero-order valence-corrected chi connectivity index (χ0v) is 17.2. The molecule has 0 radical (unpaired) electrons. The summed E-state index contributed by atoms with van der Waals surface area (Å²) in [7, 11) is -3.87. The number of aromatic nitrogens is 1. The van der Waals surface area contributed by atoms with Crippen LogP contribution in [0.1, 0.15) is 35.0 Å². The number of nitrogens with zero attached hydrogens (tertiary/aromatic N) is 1. The maximum absolute atomic E-state index is 14.7. The molecule has 1 aliphatic rings. The van der Waals surface area contributed by atoms with Crippen molar-refractivity contribution in [3.05, 3.63) is 74.9 Å². The molecule has 1 atom stereocenters. The molecule has 0 saturated carbocycles. The summed E-state index contributed by atoms with van der Waals surface area (Å²) in [5.74, 6) is -1.16. The fraction of sp³-hybridized carbons (Fsp3) is 0.250. The summed E-state index contributed by atoms with van der Waals surface area (Å²) in [4.78, 5) is 3.57. The van der Waals surface area contributed by atoms with Gasteiger partial charge in [-0.1, -0.05) is 35.9 Å². The average molecular weight is 437 g/mol. The first kappa shape index (κ1) is 19.4. The third-order valence-electron chi connectivity index (χ3n) is 4.85. The van der Waals surface area contributed by atoms with Crippen LogP contribution < -0.4 is 5.32 Å². The Balaban J connectivity index is 1.62. The molecule has 146 valence electrons. The highest BCUT2D eigenvalue weighted by molar-refractivity contribution is 7.90. The van der Waals surface area contributed by atoms with Crippen LogP contribution in [0.4, 0.5) is 10.1 Å². The van der Waals surface area contributed by atoms with Gasteiger partial charge < -0.3 is 5.32 Å². The number of nitrogens with one attached hydrogen (secondary N) is 1. The van der Waals surface area contributed by atoms with E-state index in [-0.39, 0.29) is 16.8 Å². The van der Waals surface area contributed by atoms with Crippen molar-refractivity contribution in [3.63, 3.8) is 0 Å². The predicted octanol–water partition coefficient (Wildman–Crippen LogP) is 5.40. The molecule has 1 aromatic heterocycles. The van der Waals surface area contributed by atoms with Gasteiger partial charge in [0.05, 0.1) is 16.8 Å². The lowest BCUT2D eigenvalue weighted by Crippen LogP contribution is -2.18. The Morgan fingerprint density at radius 1 is 1.29 bits per heavy atom. The Labute approximate surface area is 172 Å². The maximum atomic E-state index is 14.7. The molecule has 8 heteroatoms. The average Bonchev–Trinajstić information content (AvgIpc) is 3.17. The van der Waals surface area contributed by atoms with Gasteiger partial charge in [0.1, 0.15) is 21.5 Å². The third-order valence-corrected chi connectivity index (χ3v) is 7.76. The summed E-state index contributed by atoms with van der Waals surface area (Å²) in [6, 6.07) is 10.5. The molecule has 1 heterocycles. The van der Waals surface area contributed by atoms with Gasteiger partial charge in [0, 0.05) is 11.6 Å². The summed E-state index contributed by atoms with van der Waals surface area (Å²) in [5, 5.41) is 5.57. The smallest absolute Gasteiger partial charge is 0.187 e. The van der Waals surface area contributed by atoms with Gasteiger partial charge in [-0.25, -0.2) is 17.8 Å². The van der Waals surface area contributed by atoms with Crippen molar-refractivity contribution in [2.45, 2.75) is 36.0 Å². The molecule has 1 N–H and O–H groups in total. The maximum Gasteiger partial charge on any atom is 0.187 e. The number of hydrogen-bond acceptors (Lipinski definition) is 5. The van der Waals surface area contributed by atoms with Crippen LogP contribution in [-0.4, -0.2) is 13.4 Å². The Kier molecular flexibility index (Phi) is 5.40. The zero-order chi connectivity index (χ0) is 19.7. The molecule has 0 aliphatic heterocycles. The molecule has 1 aliphatic carbocycles. The van der Waals surface area contributed by atoms with E-state index >= 15 is 0 Å². The van der Waals surface area contributed by atoms with Crippen molar-refractivity contribution in [2.24, 2.45) is 0 Å². The highest BCUT2D eigenvalue weighted by Gasteiger charge is 2.25. The lowest BCUT2D eigenvalue weighted by atomic mass is 9.87. The highest BCUT2D eigenvalue weighted by Crippen LogP contribution is 2.36. The summed E-state index contributed by atoms with van der Waals surface area (Å²) < 4.78 is 39.9. The van der Waals surface area contributed by atoms with E-state index in [0.29, 0.717) is 10.7 Å². The van der Waals surface area contributed by atoms with Gasteiger partial charge in [-0.3, -0.25) is 0 Å². The summed E-state index contributed by atoms with van der Waals surface area (Å²) in [6.45, 7) is 0. The fourth-order valence-corrected chi connectivity index (χ4v) is 6.16. The minimum absolute atomic E-state index is 0.0135. The van der Waals surface area contributed by atoms with Crippen LogP contribution in [0.2, 0.25) is 5.02 Å². The Morgan fingerprint density at radius 2 is 2.11 bits per heavy atom. The van der Waals surface area contributed by atoms with Crippen LogP contribution >= 0.6 is 22.9 Å². The van der Waals surface area contributed by atoms with E-state index in [1.165, 1.54) is 40.8 Å². The van der Waals surface area contributed by atoms with Gasteiger partial charge in [-0.05, 0) is 42.5 Å². The largest absolute Gasteiger partial charge is 0.377 e. The minimum Gasteiger partial charge on any atom is -0.377 e. The van der Waals surface area contributed by atoms with Gasteiger partial charge in [-0.15, -0.1) is 11.3 Å². The molecule has 4 nitrogen and oxygen atoms in total. The van der Waals surface area contributed by atoms with E-state index in [4.69, 9.17) is 11.6 Å². The molecule has 28 heavy (non-hydrogen) atoms. The highest BCUT2D eigenvalue weighted by atomic mass is 35.5. The standard InChI is InChI=1S/C20H18ClFN2O2S2/c21-15-10-19(28(25,26)12-20-23-8-9-27-20)16(22)11-18(15)24-17-7-3-5-13-4-1-2-6-14(13)17/h1-2,4,6,8-11,17,24H,3,5,7,12H2/t17-/m0/s1. The number of fused-ring (bicyclic) bond motifs is 1. The third kappa shape index (κ3) is 3.92. The first-order valence-corrected chi connectivity index (χ1v) is 11.8. The predicted molar refractivity (Wildman–Crippen MR) is 110 cm³/mol. The number of halogens is 2. The van der Waals surface area contributed by atoms with Crippen molar-refractivity contribution in [3.8, 4) is 0 Å². The molecule has 0 unspecified atom stereocenters. The van der Waals surface area contributed by atoms with Gasteiger partial charge in [0.15, 0.2) is 9.84 Å². The lowest BCUT2D eigenvalue weighted by Gasteiger charge is -2.27. The van der Waals surface area contributed by atoms with E-state index in [9.17, 15) is 12.8 Å². The van der Waals surface area contributed by atoms with Crippen LogP contribution in [0, 0.1) is 5.82 Å². The van der Waals surface area contributed by atoms with E-state index in [0.717, 1.165) is 19.3 Å². The van der Waals surface area contributed by atoms with E-state index < -0.39 is 20.5 Å². The monoisotopic (exact) mass is 436 g/mol. The zero-order valence-electron chi connectivity index (χ0n) is 14.9. The van der Waals surface area contributed by atoms with Gasteiger partial charge >= 0.3 is 0 Å². The minimum atomic E-state index is -3.87. The van der Waals surface area contributed by atoms with Crippen LogP contribution in [0.15, 0.2) is 52.9 Å². The van der Waals surface area contributed by atoms with Gasteiger partial charge in [0.2, 0.25) is 0 Å². The summed E-state index contributed by atoms with van der Waals surface area (Å²) in [6.07, 6.45) is 4.46. The Morgan fingerprint density at radius 3 is 2.89 bits per heavy atom. The van der Waals surface area contributed by atoms with Gasteiger partial charge in [0.25, 0.3) is 0 Å². The quantitative estimate of drug-likeness (QED) is 0.581. The van der Waals surface area contributed by atoms with Crippen LogP contribution in [0.5, 0.6) is 0 Å². The summed E-state index contributed by atoms with van der Waals surface area (Å²) in [5.41, 5.74) is 2.84. The molecular weight excluding hydrogens is 419 g/mol. The van der Waals surface area contributed by atoms with Gasteiger partial charge in [-0.2, -0.15) is 0 Å². The van der Waals surface area contributed by atoms with E-state index in [1.807, 2.05) is 12.1 Å². The van der Waals surface area contributed by atoms with Crippen LogP contribution in [0.25, 0.3) is 0 Å². The second kappa shape index (κ2) is 7.81. The number of thiazole rings is 1. The Bertz CT molecular complexity index is 1100. The van der Waals surface area contributed by atoms with Crippen LogP contribution in [-0.2, 0) is 22.0 Å². The van der Waals surface area contributed by atoms with E-state index in [2.05, 4.69) is 22.4 Å². The van der Waals surface area contributed by atoms with Crippen molar-refractivity contribution >= 4 is 38.5 Å². The van der Waals surface area contributed by atoms with Crippen molar-refractivity contribution in [2.75, 3.05) is 5.32 Å². The molecular formula is C20H18ClFN2O2S2. The normalized spacial score (nSPS) is 16.6. The molecule has 0 saturated heterocycles. The van der Waals surface area contributed by atoms with Crippen molar-refractivity contribution in [1.82, 2.24) is 4.98 Å². The molecule has 0 spiro atoms. The van der Waals surface area contributed by atoms with Crippen LogP contribution in [0.3, 0.4) is 0 Å². The number of anilines is 1. The molecule has 0 amide bonds. The number of sulfone groups is 1. The summed E-state index contributed by atoms with van der Waals surface area (Å²) >= 11 is 7.55. The Hall–Kier alpha value is -1.96. The second-order valence-electron chi connectivity index (χ2n) is 6.74. The SMILES string of the molecule is O=S(=O)(Cc1nccs1)c1cc(Cl)c(N[C@H]2CCCc3ccccc32)cc1F. The fourth-order valence-electron chi connectivity index (χ4n) is 3.53. The number of benzene rings is 2. The molecule has 0 bridgehead atoms. The number of hydrogen-bond donors (Lipinski definition) is 1. The van der Waals surface area contributed by atoms with Crippen molar-refractivity contribution < 1.29 is 12.8 Å². The molecule has 3 aromatic rings. The second-order valence-corrected chi connectivity index (χ2v) is 10.1. The number of rotatable bonds is 5. The van der Waals surface area contributed by atoms with Crippen molar-refractivity contribution in [1.29, 1.82) is 0 Å². The molecule has 0 fully saturated rings. The lowest BCUT2D eigenvalue weighted by molar-refractivity contribution is 0.565. The first-order valence-electron chi connectivity index (χ1n) is 8.88. The number of aryl methyl sites for hydroxylation is 1. The molecule has 4 rings (SSSR count). The molecule has 2 aromatic carbocycles. The topological polar surface area (TPSA) is 59.1 Å².